The fraction of sp³-hybridized carbons (Fsp3) is 0.828. The van der Waals surface area contributed by atoms with Gasteiger partial charge < -0.3 is 20.3 Å². The van der Waals surface area contributed by atoms with Crippen LogP contribution in [-0.2, 0) is 14.3 Å². The molecule has 0 aliphatic heterocycles. The van der Waals surface area contributed by atoms with Gasteiger partial charge in [-0.1, -0.05) is 249 Å². The molecule has 0 aromatic rings. The summed E-state index contributed by atoms with van der Waals surface area (Å²) in [4.78, 5) is 26.2. The number of unbranched alkanes of at least 4 members (excludes halogenated alkanes) is 32. The predicted octanol–water partition coefficient (Wildman–Crippen LogP) is 17.0. The molecule has 6 heteroatoms. The van der Waals surface area contributed by atoms with E-state index >= 15 is 0 Å². The third-order valence-corrected chi connectivity index (χ3v) is 12.7. The summed E-state index contributed by atoms with van der Waals surface area (Å²) < 4.78 is 5.92. The lowest BCUT2D eigenvalue weighted by atomic mass is 10.0. The summed E-state index contributed by atoms with van der Waals surface area (Å²) in [6.07, 6.45) is 63.2. The number of ether oxygens (including phenoxy) is 1. The molecule has 0 aliphatic rings. The lowest BCUT2D eigenvalue weighted by Gasteiger charge is -2.24. The first-order valence-corrected chi connectivity index (χ1v) is 27.9. The van der Waals surface area contributed by atoms with Crippen molar-refractivity contribution in [3.05, 3.63) is 48.6 Å². The van der Waals surface area contributed by atoms with E-state index in [0.29, 0.717) is 19.3 Å². The fourth-order valence-electron chi connectivity index (χ4n) is 8.42. The normalized spacial score (nSPS) is 13.5. The van der Waals surface area contributed by atoms with Gasteiger partial charge in [0.1, 0.15) is 6.10 Å². The van der Waals surface area contributed by atoms with Crippen LogP contribution in [0.5, 0.6) is 0 Å². The van der Waals surface area contributed by atoms with Gasteiger partial charge in [-0.3, -0.25) is 9.59 Å². The highest BCUT2D eigenvalue weighted by Gasteiger charge is 2.24. The van der Waals surface area contributed by atoms with E-state index in [1.54, 1.807) is 0 Å². The molecular weight excluding hydrogens is 791 g/mol. The van der Waals surface area contributed by atoms with Crippen LogP contribution in [0.3, 0.4) is 0 Å². The molecule has 0 saturated carbocycles. The van der Waals surface area contributed by atoms with Crippen molar-refractivity contribution in [2.75, 3.05) is 6.61 Å². The highest BCUT2D eigenvalue weighted by atomic mass is 16.5. The second-order valence-electron chi connectivity index (χ2n) is 19.0. The molecule has 3 unspecified atom stereocenters. The monoisotopic (exact) mass is 898 g/mol. The molecule has 1 amide bonds. The Balaban J connectivity index is 4.63. The highest BCUT2D eigenvalue weighted by Crippen LogP contribution is 2.17. The van der Waals surface area contributed by atoms with Gasteiger partial charge in [0.15, 0.2) is 0 Å². The Kier molecular flexibility index (Phi) is 50.0. The lowest BCUT2D eigenvalue weighted by Crippen LogP contribution is -2.46. The molecule has 0 saturated heterocycles. The number of hydrogen-bond acceptors (Lipinski definition) is 5. The molecule has 0 bridgehead atoms. The largest absolute Gasteiger partial charge is 0.462 e. The zero-order chi connectivity index (χ0) is 46.7. The van der Waals surface area contributed by atoms with Crippen LogP contribution in [0.15, 0.2) is 48.6 Å². The van der Waals surface area contributed by atoms with Gasteiger partial charge >= 0.3 is 5.97 Å². The Hall–Kier alpha value is -2.18. The van der Waals surface area contributed by atoms with Crippen LogP contribution in [0.4, 0.5) is 0 Å². The number of aliphatic hydroxyl groups is 2. The van der Waals surface area contributed by atoms with E-state index in [-0.39, 0.29) is 24.9 Å². The van der Waals surface area contributed by atoms with Crippen LogP contribution in [0, 0.1) is 0 Å². The summed E-state index contributed by atoms with van der Waals surface area (Å²) in [6.45, 7) is 6.47. The number of hydrogen-bond donors (Lipinski definition) is 3. The topological polar surface area (TPSA) is 95.9 Å². The zero-order valence-electron chi connectivity index (χ0n) is 42.7. The average molecular weight is 898 g/mol. The third kappa shape index (κ3) is 46.4. The van der Waals surface area contributed by atoms with Crippen molar-refractivity contribution in [1.82, 2.24) is 5.32 Å². The van der Waals surface area contributed by atoms with Gasteiger partial charge in [-0.15, -0.1) is 0 Å². The molecule has 0 aliphatic carbocycles. The van der Waals surface area contributed by atoms with Crippen molar-refractivity contribution in [1.29, 1.82) is 0 Å². The number of carbonyl (C=O) groups excluding carboxylic acids is 2. The minimum atomic E-state index is -0.802. The number of nitrogens with one attached hydrogen (secondary N) is 1. The predicted molar refractivity (Wildman–Crippen MR) is 278 cm³/mol. The van der Waals surface area contributed by atoms with Crippen molar-refractivity contribution < 1.29 is 24.5 Å². The molecule has 0 aromatic carbocycles. The van der Waals surface area contributed by atoms with Gasteiger partial charge in [0.05, 0.1) is 25.2 Å². The van der Waals surface area contributed by atoms with E-state index in [1.165, 1.54) is 161 Å². The zero-order valence-corrected chi connectivity index (χ0v) is 42.7. The number of rotatable bonds is 50. The van der Waals surface area contributed by atoms with Crippen molar-refractivity contribution in [2.45, 2.75) is 302 Å². The van der Waals surface area contributed by atoms with Gasteiger partial charge in [-0.05, 0) is 70.6 Å². The van der Waals surface area contributed by atoms with E-state index in [9.17, 15) is 19.8 Å². The molecule has 0 spiro atoms. The summed E-state index contributed by atoms with van der Waals surface area (Å²) >= 11 is 0. The highest BCUT2D eigenvalue weighted by molar-refractivity contribution is 5.77. The van der Waals surface area contributed by atoms with Gasteiger partial charge in [-0.25, -0.2) is 0 Å². The Morgan fingerprint density at radius 1 is 0.453 bits per heavy atom. The Labute approximate surface area is 397 Å². The average Bonchev–Trinajstić information content (AvgIpc) is 3.29. The van der Waals surface area contributed by atoms with Crippen molar-refractivity contribution in [3.63, 3.8) is 0 Å². The summed E-state index contributed by atoms with van der Waals surface area (Å²) in [7, 11) is 0. The molecule has 3 atom stereocenters. The van der Waals surface area contributed by atoms with Crippen molar-refractivity contribution in [3.8, 4) is 0 Å². The quantitative estimate of drug-likeness (QED) is 0.0321. The summed E-state index contributed by atoms with van der Waals surface area (Å²) in [5, 5.41) is 23.8. The summed E-state index contributed by atoms with van der Waals surface area (Å²) in [6, 6.07) is -0.719. The Morgan fingerprint density at radius 2 is 0.797 bits per heavy atom. The first-order valence-electron chi connectivity index (χ1n) is 27.9. The molecular formula is C58H107NO5. The van der Waals surface area contributed by atoms with Crippen LogP contribution in [0.1, 0.15) is 284 Å². The minimum absolute atomic E-state index is 0.0393. The van der Waals surface area contributed by atoms with Crippen LogP contribution >= 0.6 is 0 Å². The maximum absolute atomic E-state index is 13.2. The lowest BCUT2D eigenvalue weighted by molar-refractivity contribution is -0.151. The van der Waals surface area contributed by atoms with Gasteiger partial charge in [-0.2, -0.15) is 0 Å². The molecule has 0 heterocycles. The minimum Gasteiger partial charge on any atom is -0.462 e. The van der Waals surface area contributed by atoms with Crippen molar-refractivity contribution in [2.24, 2.45) is 0 Å². The van der Waals surface area contributed by atoms with E-state index in [0.717, 1.165) is 77.0 Å². The Morgan fingerprint density at radius 3 is 1.19 bits per heavy atom. The number of amides is 1. The molecule has 374 valence electrons. The van der Waals surface area contributed by atoms with E-state index < -0.39 is 18.2 Å². The Bertz CT molecular complexity index is 1100. The maximum Gasteiger partial charge on any atom is 0.306 e. The third-order valence-electron chi connectivity index (χ3n) is 12.7. The van der Waals surface area contributed by atoms with Crippen LogP contribution in [0.25, 0.3) is 0 Å². The molecule has 3 N–H and O–H groups in total. The van der Waals surface area contributed by atoms with Crippen LogP contribution in [-0.4, -0.2) is 46.9 Å². The summed E-state index contributed by atoms with van der Waals surface area (Å²) in [5.74, 6) is -0.531. The molecule has 64 heavy (non-hydrogen) atoms. The molecule has 0 fully saturated rings. The molecule has 6 nitrogen and oxygen atoms in total. The molecule has 0 aromatic heterocycles. The van der Waals surface area contributed by atoms with Crippen LogP contribution < -0.4 is 5.32 Å². The number of carbonyl (C=O) groups is 2. The van der Waals surface area contributed by atoms with Gasteiger partial charge in [0.2, 0.25) is 5.91 Å². The smallest absolute Gasteiger partial charge is 0.306 e. The van der Waals surface area contributed by atoms with E-state index in [2.05, 4.69) is 74.7 Å². The van der Waals surface area contributed by atoms with Gasteiger partial charge in [0, 0.05) is 6.42 Å². The number of aliphatic hydroxyl groups excluding tert-OH is 2. The molecule has 0 radical (unpaired) electrons. The van der Waals surface area contributed by atoms with E-state index in [1.807, 2.05) is 0 Å². The molecule has 0 rings (SSSR count). The second kappa shape index (κ2) is 51.8. The SMILES string of the molecule is CCCCCCCCC/C=C/C=C/CCCCCCCC(=O)OC(CCC/C=C/C=C/CCCCCCCCC)CC(=O)NC(CO)C(O)CCCCCCCCCCCCCCC. The fourth-order valence-corrected chi connectivity index (χ4v) is 8.42. The first kappa shape index (κ1) is 61.8. The summed E-state index contributed by atoms with van der Waals surface area (Å²) in [5.41, 5.74) is 0. The second-order valence-corrected chi connectivity index (χ2v) is 19.0. The number of esters is 1. The first-order chi connectivity index (χ1) is 31.5. The standard InChI is InChI=1S/C58H107NO5/c1-4-7-10-13-16-19-22-25-27-28-29-30-33-36-39-42-45-48-51-58(63)64-54(49-46-43-40-37-34-32-26-23-20-17-14-11-8-5-2)52-57(62)59-55(53-60)56(61)50-47-44-41-38-35-31-24-21-18-15-12-9-6-3/h27-30,32,34,37,40,54-56,60-61H,4-26,31,33,35-36,38-39,41-53H2,1-3H3,(H,59,62)/b28-27+,30-29+,34-32+,40-37+. The van der Waals surface area contributed by atoms with E-state index in [4.69, 9.17) is 4.74 Å². The van der Waals surface area contributed by atoms with Gasteiger partial charge in [0.25, 0.3) is 0 Å². The van der Waals surface area contributed by atoms with Crippen LogP contribution in [0.2, 0.25) is 0 Å². The number of allylic oxidation sites excluding steroid dienone is 8. The van der Waals surface area contributed by atoms with Crippen molar-refractivity contribution >= 4 is 11.9 Å². The maximum atomic E-state index is 13.2.